The summed E-state index contributed by atoms with van der Waals surface area (Å²) in [4.78, 5) is 28.8. The molecule has 7 heteroatoms. The van der Waals surface area contributed by atoms with E-state index >= 15 is 0 Å². The highest BCUT2D eigenvalue weighted by atomic mass is 35.5. The lowest BCUT2D eigenvalue weighted by Gasteiger charge is -2.30. The molecule has 25 heavy (non-hydrogen) atoms. The fourth-order valence-electron chi connectivity index (χ4n) is 3.05. The van der Waals surface area contributed by atoms with Crippen molar-refractivity contribution >= 4 is 35.2 Å². The summed E-state index contributed by atoms with van der Waals surface area (Å²) in [6, 6.07) is 8.20. The molecule has 0 radical (unpaired) electrons. The SMILES string of the molecule is CCOC(=O)OC1CN(CCc2c[nH]c3ccccc23)CCC1=O.Cl. The minimum Gasteiger partial charge on any atom is -0.435 e. The number of H-pyrrole nitrogens is 1. The second-order valence-corrected chi connectivity index (χ2v) is 5.92. The van der Waals surface area contributed by atoms with E-state index in [0.29, 0.717) is 19.5 Å². The quantitative estimate of drug-likeness (QED) is 0.824. The van der Waals surface area contributed by atoms with Crippen LogP contribution in [0.2, 0.25) is 0 Å². The first-order chi connectivity index (χ1) is 11.7. The van der Waals surface area contributed by atoms with Crippen LogP contribution in [0.4, 0.5) is 4.79 Å². The van der Waals surface area contributed by atoms with Crippen LogP contribution in [0.5, 0.6) is 0 Å². The van der Waals surface area contributed by atoms with Crippen LogP contribution in [0, 0.1) is 0 Å². The van der Waals surface area contributed by atoms with Crippen molar-refractivity contribution in [3.8, 4) is 0 Å². The van der Waals surface area contributed by atoms with E-state index in [1.54, 1.807) is 6.92 Å². The van der Waals surface area contributed by atoms with Gasteiger partial charge in [-0.25, -0.2) is 4.79 Å². The summed E-state index contributed by atoms with van der Waals surface area (Å²) in [6.07, 6.45) is 1.82. The first-order valence-electron chi connectivity index (χ1n) is 8.31. The zero-order chi connectivity index (χ0) is 16.9. The van der Waals surface area contributed by atoms with E-state index in [-0.39, 0.29) is 24.8 Å². The van der Waals surface area contributed by atoms with Gasteiger partial charge in [-0.3, -0.25) is 9.69 Å². The van der Waals surface area contributed by atoms with Crippen LogP contribution in [0.15, 0.2) is 30.5 Å². The molecule has 0 saturated carbocycles. The summed E-state index contributed by atoms with van der Waals surface area (Å²) < 4.78 is 9.88. The molecular weight excluding hydrogens is 344 g/mol. The Morgan fingerprint density at radius 2 is 2.16 bits per heavy atom. The van der Waals surface area contributed by atoms with E-state index in [9.17, 15) is 9.59 Å². The van der Waals surface area contributed by atoms with E-state index < -0.39 is 12.3 Å². The molecule has 2 heterocycles. The third kappa shape index (κ3) is 4.74. The van der Waals surface area contributed by atoms with Crippen LogP contribution in [-0.2, 0) is 20.7 Å². The van der Waals surface area contributed by atoms with Crippen LogP contribution < -0.4 is 0 Å². The number of rotatable bonds is 5. The number of piperidine rings is 1. The predicted octanol–water partition coefficient (Wildman–Crippen LogP) is 2.95. The Bertz CT molecular complexity index is 731. The van der Waals surface area contributed by atoms with Crippen molar-refractivity contribution in [1.29, 1.82) is 0 Å². The van der Waals surface area contributed by atoms with Gasteiger partial charge < -0.3 is 14.5 Å². The highest BCUT2D eigenvalue weighted by molar-refractivity contribution is 5.86. The molecule has 0 aliphatic carbocycles. The Kier molecular flexibility index (Phi) is 6.84. The number of nitrogens with one attached hydrogen (secondary N) is 1. The Morgan fingerprint density at radius 3 is 2.96 bits per heavy atom. The number of hydrogen-bond donors (Lipinski definition) is 1. The van der Waals surface area contributed by atoms with Crippen LogP contribution in [0.1, 0.15) is 18.9 Å². The van der Waals surface area contributed by atoms with Crippen molar-refractivity contribution < 1.29 is 19.1 Å². The molecule has 1 aliphatic heterocycles. The first-order valence-corrected chi connectivity index (χ1v) is 8.31. The standard InChI is InChI=1S/C18H22N2O4.ClH/c1-2-23-18(22)24-17-12-20(10-8-16(17)21)9-7-13-11-19-15-6-4-3-5-14(13)15;/h3-6,11,17,19H,2,7-10,12H2,1H3;1H. The van der Waals surface area contributed by atoms with Gasteiger partial charge in [-0.15, -0.1) is 12.4 Å². The molecule has 3 rings (SSSR count). The molecule has 0 spiro atoms. The van der Waals surface area contributed by atoms with Crippen molar-refractivity contribution in [2.75, 3.05) is 26.2 Å². The molecule has 0 amide bonds. The number of hydrogen-bond acceptors (Lipinski definition) is 5. The van der Waals surface area contributed by atoms with Crippen LogP contribution in [0.3, 0.4) is 0 Å². The molecule has 1 N–H and O–H groups in total. The molecule has 2 aromatic rings. The number of carbonyl (C=O) groups excluding carboxylic acids is 2. The van der Waals surface area contributed by atoms with Gasteiger partial charge in [0.15, 0.2) is 11.9 Å². The normalized spacial score (nSPS) is 18.0. The summed E-state index contributed by atoms with van der Waals surface area (Å²) in [6.45, 7) is 3.89. The average molecular weight is 367 g/mol. The number of nitrogens with zero attached hydrogens (tertiary/aromatic N) is 1. The van der Waals surface area contributed by atoms with E-state index in [0.717, 1.165) is 18.5 Å². The molecule has 1 fully saturated rings. The lowest BCUT2D eigenvalue weighted by molar-refractivity contribution is -0.133. The fourth-order valence-corrected chi connectivity index (χ4v) is 3.05. The number of para-hydroxylation sites is 1. The largest absolute Gasteiger partial charge is 0.509 e. The van der Waals surface area contributed by atoms with Crippen LogP contribution in [0.25, 0.3) is 10.9 Å². The van der Waals surface area contributed by atoms with E-state index in [1.807, 2.05) is 18.3 Å². The van der Waals surface area contributed by atoms with Gasteiger partial charge in [0.05, 0.1) is 6.61 Å². The van der Waals surface area contributed by atoms with E-state index in [4.69, 9.17) is 9.47 Å². The zero-order valence-corrected chi connectivity index (χ0v) is 15.0. The molecule has 1 aliphatic rings. The van der Waals surface area contributed by atoms with Gasteiger partial charge in [0.1, 0.15) is 0 Å². The second-order valence-electron chi connectivity index (χ2n) is 5.92. The maximum Gasteiger partial charge on any atom is 0.509 e. The highest BCUT2D eigenvalue weighted by Crippen LogP contribution is 2.19. The molecule has 6 nitrogen and oxygen atoms in total. The fraction of sp³-hybridized carbons (Fsp3) is 0.444. The molecular formula is C18H23ClN2O4. The van der Waals surface area contributed by atoms with Crippen molar-refractivity contribution in [3.05, 3.63) is 36.0 Å². The van der Waals surface area contributed by atoms with Gasteiger partial charge >= 0.3 is 6.16 Å². The van der Waals surface area contributed by atoms with Gasteiger partial charge in [0.2, 0.25) is 0 Å². The number of likely N-dealkylation sites (tertiary alicyclic amines) is 1. The first kappa shape index (κ1) is 19.3. The van der Waals surface area contributed by atoms with Crippen LogP contribution in [-0.4, -0.2) is 54.2 Å². The third-order valence-electron chi connectivity index (χ3n) is 4.33. The Hall–Kier alpha value is -2.05. The molecule has 1 aromatic heterocycles. The third-order valence-corrected chi connectivity index (χ3v) is 4.33. The number of benzene rings is 1. The summed E-state index contributed by atoms with van der Waals surface area (Å²) in [7, 11) is 0. The highest BCUT2D eigenvalue weighted by Gasteiger charge is 2.30. The Morgan fingerprint density at radius 1 is 1.36 bits per heavy atom. The minimum absolute atomic E-state index is 0. The molecule has 1 saturated heterocycles. The van der Waals surface area contributed by atoms with Crippen molar-refractivity contribution in [1.82, 2.24) is 9.88 Å². The van der Waals surface area contributed by atoms with Gasteiger partial charge in [-0.05, 0) is 25.0 Å². The number of ether oxygens (including phenoxy) is 2. The van der Waals surface area contributed by atoms with Gasteiger partial charge in [-0.1, -0.05) is 18.2 Å². The smallest absolute Gasteiger partial charge is 0.435 e. The number of aromatic nitrogens is 1. The molecule has 1 aromatic carbocycles. The number of carbonyl (C=O) groups is 2. The second kappa shape index (κ2) is 8.87. The molecule has 136 valence electrons. The average Bonchev–Trinajstić information content (AvgIpc) is 2.99. The summed E-state index contributed by atoms with van der Waals surface area (Å²) >= 11 is 0. The van der Waals surface area contributed by atoms with Crippen molar-refractivity contribution in [3.63, 3.8) is 0 Å². The maximum atomic E-state index is 11.9. The predicted molar refractivity (Wildman–Crippen MR) is 97.2 cm³/mol. The van der Waals surface area contributed by atoms with E-state index in [2.05, 4.69) is 22.0 Å². The Labute approximate surface area is 152 Å². The van der Waals surface area contributed by atoms with Gasteiger partial charge in [0.25, 0.3) is 0 Å². The van der Waals surface area contributed by atoms with Gasteiger partial charge in [0, 0.05) is 43.2 Å². The summed E-state index contributed by atoms with van der Waals surface area (Å²) in [5, 5.41) is 1.23. The van der Waals surface area contributed by atoms with Crippen LogP contribution >= 0.6 is 12.4 Å². The molecule has 0 bridgehead atoms. The maximum absolute atomic E-state index is 11.9. The molecule has 1 atom stereocenters. The van der Waals surface area contributed by atoms with E-state index in [1.165, 1.54) is 10.9 Å². The summed E-state index contributed by atoms with van der Waals surface area (Å²) in [5.41, 5.74) is 2.38. The minimum atomic E-state index is -0.769. The van der Waals surface area contributed by atoms with Gasteiger partial charge in [-0.2, -0.15) is 0 Å². The zero-order valence-electron chi connectivity index (χ0n) is 14.2. The van der Waals surface area contributed by atoms with Crippen molar-refractivity contribution in [2.24, 2.45) is 0 Å². The monoisotopic (exact) mass is 366 g/mol. The lowest BCUT2D eigenvalue weighted by Crippen LogP contribution is -2.47. The molecule has 1 unspecified atom stereocenters. The summed E-state index contributed by atoms with van der Waals surface area (Å²) in [5.74, 6) is -0.0357. The Balaban J connectivity index is 0.00000225. The number of Topliss-reactive ketones (excluding diaryl/α,β-unsaturated/α-hetero) is 1. The number of halogens is 1. The number of ketones is 1. The lowest BCUT2D eigenvalue weighted by atomic mass is 10.1. The van der Waals surface area contributed by atoms with Crippen molar-refractivity contribution in [2.45, 2.75) is 25.9 Å². The number of fused-ring (bicyclic) bond motifs is 1. The topological polar surface area (TPSA) is 71.6 Å². The number of aromatic amines is 1.